The van der Waals surface area contributed by atoms with E-state index in [0.29, 0.717) is 16.6 Å². The lowest BCUT2D eigenvalue weighted by atomic mass is 9.85. The van der Waals surface area contributed by atoms with Gasteiger partial charge in [-0.05, 0) is 136 Å². The fourth-order valence-electron chi connectivity index (χ4n) is 8.47. The number of hydrogen-bond acceptors (Lipinski definition) is 2. The highest BCUT2D eigenvalue weighted by Gasteiger charge is 2.19. The lowest BCUT2D eigenvalue weighted by Gasteiger charge is -2.18. The van der Waals surface area contributed by atoms with Gasteiger partial charge in [-0.3, -0.25) is 0 Å². The van der Waals surface area contributed by atoms with Crippen LogP contribution in [0.25, 0.3) is 131 Å². The highest BCUT2D eigenvalue weighted by Crippen LogP contribution is 2.45. The van der Waals surface area contributed by atoms with Gasteiger partial charge >= 0.3 is 0 Å². The molecule has 0 atom stereocenters. The van der Waals surface area contributed by atoms with Crippen molar-refractivity contribution in [1.29, 1.82) is 0 Å². The van der Waals surface area contributed by atoms with E-state index in [2.05, 4.69) is 0 Å². The summed E-state index contributed by atoms with van der Waals surface area (Å²) in [4.78, 5) is 0. The van der Waals surface area contributed by atoms with Crippen LogP contribution in [0.2, 0.25) is 0 Å². The molecule has 0 aliphatic heterocycles. The van der Waals surface area contributed by atoms with Gasteiger partial charge in [0, 0.05) is 21.5 Å². The second-order valence-corrected chi connectivity index (χ2v) is 14.5. The Morgan fingerprint density at radius 1 is 0.300 bits per heavy atom. The molecule has 0 bridgehead atoms. The molecule has 0 spiro atoms. The molecule has 13 aromatic rings. The van der Waals surface area contributed by atoms with E-state index in [9.17, 15) is 11.0 Å². The van der Waals surface area contributed by atoms with Crippen molar-refractivity contribution in [1.82, 2.24) is 0 Å². The van der Waals surface area contributed by atoms with Gasteiger partial charge in [0.1, 0.15) is 22.3 Å². The maximum Gasteiger partial charge on any atom is 0.136 e. The number of fused-ring (bicyclic) bond motifs is 11. The molecular weight excluding hydrogens is 729 g/mol. The van der Waals surface area contributed by atoms with Crippen molar-refractivity contribution in [2.45, 2.75) is 0 Å². The SMILES string of the molecule is [2H]c1c([2H])c(-c2c3c([2H])c([2H])c([2H])c([2H])c3c(-c3ccc4cc(-c5ccc6c(c5)oc5ccc7oc8ccccc8c7c56)ccc4c3)c3c([2H])c([2H])c([2H])c([2H])c23)c([2H])c([2H])c1-c1c([2H])c([2H])c2c([2H])c([2H])c([2H])c([2H])c2c1[2H]. The van der Waals surface area contributed by atoms with Crippen molar-refractivity contribution in [3.05, 3.63) is 206 Å². The Morgan fingerprint density at radius 3 is 1.53 bits per heavy atom. The highest BCUT2D eigenvalue weighted by atomic mass is 16.3. The van der Waals surface area contributed by atoms with Crippen molar-refractivity contribution in [2.75, 3.05) is 0 Å². The maximum absolute atomic E-state index is 9.57. The summed E-state index contributed by atoms with van der Waals surface area (Å²) < 4.78 is 184. The monoisotopic (exact) mass is 781 g/mol. The number of benzene rings is 11. The summed E-state index contributed by atoms with van der Waals surface area (Å²) >= 11 is 0. The molecule has 0 amide bonds. The molecule has 0 unspecified atom stereocenters. The van der Waals surface area contributed by atoms with Crippen molar-refractivity contribution in [3.8, 4) is 44.5 Å². The van der Waals surface area contributed by atoms with E-state index >= 15 is 0 Å². The van der Waals surface area contributed by atoms with Crippen LogP contribution in [0.1, 0.15) is 26.0 Å². The molecule has 0 N–H and O–H groups in total. The summed E-state index contributed by atoms with van der Waals surface area (Å²) in [6, 6.07) is 13.9. The fourth-order valence-corrected chi connectivity index (χ4v) is 8.47. The van der Waals surface area contributed by atoms with E-state index in [4.69, 9.17) is 23.9 Å². The normalized spacial score (nSPS) is 16.4. The van der Waals surface area contributed by atoms with Crippen LogP contribution in [0.5, 0.6) is 0 Å². The van der Waals surface area contributed by atoms with E-state index in [1.165, 1.54) is 0 Å². The Balaban J connectivity index is 1.04. The van der Waals surface area contributed by atoms with Crippen molar-refractivity contribution >= 4 is 87.0 Å². The zero-order chi connectivity index (χ0) is 55.8. The summed E-state index contributed by atoms with van der Waals surface area (Å²) in [5.41, 5.74) is 2.37. The molecule has 2 aromatic heterocycles. The Bertz CT molecular complexity index is 4910. The lowest BCUT2D eigenvalue weighted by molar-refractivity contribution is 0.663. The van der Waals surface area contributed by atoms with Crippen LogP contribution in [0.4, 0.5) is 0 Å². The minimum absolute atomic E-state index is 0.0261. The van der Waals surface area contributed by atoms with Gasteiger partial charge in [0.2, 0.25) is 0 Å². The molecule has 0 aliphatic carbocycles. The number of rotatable bonds is 4. The lowest BCUT2D eigenvalue weighted by Crippen LogP contribution is -1.91. The molecule has 2 nitrogen and oxygen atoms in total. The standard InChI is InChI=1S/C58H34O2/c1-2-10-38-31-39(22-19-35(38)9-1)36-17-20-37(21-18-36)55-45-11-3-5-13-47(45)56(48-14-6-4-12-46(48)55)44-26-25-40-32-41(23-24-42(40)33-44)43-27-28-50-54(34-43)60-53-30-29-52-57(58(50)53)49-15-7-8-16-51(49)59-52/h1-34H/i1D,2D,3D,4D,5D,6D,9D,10D,11D,12D,13D,14D,17D,18D,19D,20D,21D,22D,31D. The van der Waals surface area contributed by atoms with Gasteiger partial charge in [-0.1, -0.05) is 157 Å². The van der Waals surface area contributed by atoms with E-state index in [1.54, 1.807) is 18.2 Å². The number of para-hydroxylation sites is 1. The van der Waals surface area contributed by atoms with Crippen LogP contribution in [0, 0.1) is 0 Å². The minimum Gasteiger partial charge on any atom is -0.456 e. The van der Waals surface area contributed by atoms with Gasteiger partial charge in [0.05, 0.1) is 26.0 Å². The van der Waals surface area contributed by atoms with Crippen LogP contribution >= 0.6 is 0 Å². The topological polar surface area (TPSA) is 26.3 Å². The molecule has 278 valence electrons. The Labute approximate surface area is 371 Å². The smallest absolute Gasteiger partial charge is 0.136 e. The van der Waals surface area contributed by atoms with Crippen molar-refractivity contribution < 1.29 is 34.9 Å². The third-order valence-corrected chi connectivity index (χ3v) is 11.2. The first-order valence-corrected chi connectivity index (χ1v) is 19.0. The molecule has 0 fully saturated rings. The Morgan fingerprint density at radius 2 is 0.817 bits per heavy atom. The summed E-state index contributed by atoms with van der Waals surface area (Å²) in [6.45, 7) is 0. The zero-order valence-electron chi connectivity index (χ0n) is 50.0. The third-order valence-electron chi connectivity index (χ3n) is 11.2. The van der Waals surface area contributed by atoms with Gasteiger partial charge in [0.15, 0.2) is 0 Å². The largest absolute Gasteiger partial charge is 0.456 e. The van der Waals surface area contributed by atoms with Crippen LogP contribution in [0.15, 0.2) is 215 Å². The van der Waals surface area contributed by atoms with Gasteiger partial charge in [-0.25, -0.2) is 0 Å². The summed E-state index contributed by atoms with van der Waals surface area (Å²) in [5, 5.41) is 2.95. The fraction of sp³-hybridized carbons (Fsp3) is 0. The first-order valence-electron chi connectivity index (χ1n) is 28.5. The second kappa shape index (κ2) is 12.8. The molecule has 11 aromatic carbocycles. The predicted molar refractivity (Wildman–Crippen MR) is 253 cm³/mol. The summed E-state index contributed by atoms with van der Waals surface area (Å²) in [6.07, 6.45) is 0. The van der Waals surface area contributed by atoms with Gasteiger partial charge < -0.3 is 8.83 Å². The molecule has 0 saturated carbocycles. The number of furan rings is 2. The predicted octanol–water partition coefficient (Wildman–Crippen LogP) is 16.8. The highest BCUT2D eigenvalue weighted by molar-refractivity contribution is 6.26. The molecule has 0 saturated heterocycles. The molecule has 60 heavy (non-hydrogen) atoms. The third kappa shape index (κ3) is 5.01. The average molecular weight is 782 g/mol. The van der Waals surface area contributed by atoms with Crippen molar-refractivity contribution in [3.63, 3.8) is 0 Å². The van der Waals surface area contributed by atoms with Crippen LogP contribution in [-0.2, 0) is 0 Å². The molecule has 2 heteroatoms. The van der Waals surface area contributed by atoms with E-state index in [0.717, 1.165) is 49.2 Å². The van der Waals surface area contributed by atoms with Gasteiger partial charge in [-0.15, -0.1) is 0 Å². The van der Waals surface area contributed by atoms with E-state index < -0.39 is 148 Å². The maximum atomic E-state index is 9.57. The molecule has 0 aliphatic rings. The molecule has 13 rings (SSSR count). The molecule has 2 heterocycles. The van der Waals surface area contributed by atoms with Crippen molar-refractivity contribution in [2.24, 2.45) is 0 Å². The summed E-state index contributed by atoms with van der Waals surface area (Å²) in [7, 11) is 0. The van der Waals surface area contributed by atoms with E-state index in [1.807, 2.05) is 72.8 Å². The first-order chi connectivity index (χ1) is 37.6. The average Bonchev–Trinajstić information content (AvgIpc) is 3.98. The van der Waals surface area contributed by atoms with Crippen LogP contribution in [0.3, 0.4) is 0 Å². The quantitative estimate of drug-likeness (QED) is 0.166. The Hall–Kier alpha value is -7.94. The number of hydrogen-bond donors (Lipinski definition) is 0. The minimum atomic E-state index is -0.916. The second-order valence-electron chi connectivity index (χ2n) is 14.5. The van der Waals surface area contributed by atoms with Gasteiger partial charge in [-0.2, -0.15) is 0 Å². The Kier molecular flexibility index (Phi) is 4.19. The zero-order valence-corrected chi connectivity index (χ0v) is 31.0. The van der Waals surface area contributed by atoms with Gasteiger partial charge in [0.25, 0.3) is 0 Å². The first kappa shape index (κ1) is 19.7. The van der Waals surface area contributed by atoms with E-state index in [-0.39, 0.29) is 32.7 Å². The molecular formula is C58H34O2. The van der Waals surface area contributed by atoms with Crippen LogP contribution in [-0.4, -0.2) is 0 Å². The van der Waals surface area contributed by atoms with Crippen LogP contribution < -0.4 is 0 Å². The molecule has 0 radical (unpaired) electrons. The summed E-state index contributed by atoms with van der Waals surface area (Å²) in [5.74, 6) is 0.